The average Bonchev–Trinajstić information content (AvgIpc) is 2.90. The smallest absolute Gasteiger partial charge is 0.363 e. The zero-order valence-corrected chi connectivity index (χ0v) is 11.8. The summed E-state index contributed by atoms with van der Waals surface area (Å²) in [6, 6.07) is 13.8. The molecule has 1 aliphatic rings. The second-order valence-corrected chi connectivity index (χ2v) is 4.60. The van der Waals surface area contributed by atoms with Gasteiger partial charge in [-0.25, -0.2) is 9.79 Å². The second kappa shape index (κ2) is 5.73. The van der Waals surface area contributed by atoms with Gasteiger partial charge in [-0.1, -0.05) is 30.3 Å². The molecule has 1 heterocycles. The normalized spacial score (nSPS) is 15.6. The molecule has 110 valence electrons. The lowest BCUT2D eigenvalue weighted by Crippen LogP contribution is -2.06. The Morgan fingerprint density at radius 2 is 1.86 bits per heavy atom. The molecular weight excluding hydrogens is 282 g/mol. The summed E-state index contributed by atoms with van der Waals surface area (Å²) in [5.74, 6) is 0.259. The highest BCUT2D eigenvalue weighted by Gasteiger charge is 2.26. The van der Waals surface area contributed by atoms with E-state index in [1.165, 1.54) is 19.3 Å². The second-order valence-electron chi connectivity index (χ2n) is 4.60. The number of ether oxygens (including phenoxy) is 2. The number of cyclic esters (lactones) is 1. The molecule has 0 unspecified atom stereocenters. The third kappa shape index (κ3) is 2.56. The summed E-state index contributed by atoms with van der Waals surface area (Å²) < 4.78 is 10.4. The zero-order chi connectivity index (χ0) is 15.5. The minimum atomic E-state index is -0.566. The van der Waals surface area contributed by atoms with Crippen molar-refractivity contribution < 1.29 is 19.4 Å². The molecule has 3 rings (SSSR count). The fourth-order valence-corrected chi connectivity index (χ4v) is 2.10. The zero-order valence-electron chi connectivity index (χ0n) is 11.8. The van der Waals surface area contributed by atoms with Crippen molar-refractivity contribution in [3.8, 4) is 11.5 Å². The monoisotopic (exact) mass is 295 g/mol. The number of nitrogens with zero attached hydrogens (tertiary/aromatic N) is 1. The number of rotatable bonds is 3. The molecule has 0 radical (unpaired) electrons. The van der Waals surface area contributed by atoms with Gasteiger partial charge in [0.15, 0.2) is 5.70 Å². The summed E-state index contributed by atoms with van der Waals surface area (Å²) in [5.41, 5.74) is 1.22. The molecule has 1 aliphatic heterocycles. The number of para-hydroxylation sites is 2. The van der Waals surface area contributed by atoms with Crippen molar-refractivity contribution in [2.75, 3.05) is 7.11 Å². The fourth-order valence-electron chi connectivity index (χ4n) is 2.10. The topological polar surface area (TPSA) is 68.1 Å². The van der Waals surface area contributed by atoms with E-state index in [2.05, 4.69) is 4.99 Å². The Morgan fingerprint density at radius 1 is 1.14 bits per heavy atom. The SMILES string of the molecule is COc1ccccc1C1=NC(=Cc2ccccc2O)C(=O)O1. The Labute approximate surface area is 127 Å². The van der Waals surface area contributed by atoms with Crippen molar-refractivity contribution >= 4 is 17.9 Å². The molecule has 5 heteroatoms. The Bertz CT molecular complexity index is 793. The van der Waals surface area contributed by atoms with Crippen molar-refractivity contribution in [3.63, 3.8) is 0 Å². The molecule has 0 amide bonds. The largest absolute Gasteiger partial charge is 0.507 e. The van der Waals surface area contributed by atoms with Crippen LogP contribution in [0.3, 0.4) is 0 Å². The van der Waals surface area contributed by atoms with Crippen LogP contribution in [0.5, 0.6) is 11.5 Å². The molecule has 0 spiro atoms. The number of phenolic OH excluding ortho intramolecular Hbond substituents is 1. The van der Waals surface area contributed by atoms with Crippen molar-refractivity contribution in [1.29, 1.82) is 0 Å². The molecule has 2 aromatic rings. The van der Waals surface area contributed by atoms with Crippen LogP contribution in [0, 0.1) is 0 Å². The van der Waals surface area contributed by atoms with Crippen LogP contribution in [0.15, 0.2) is 59.2 Å². The van der Waals surface area contributed by atoms with E-state index in [4.69, 9.17) is 9.47 Å². The first kappa shape index (κ1) is 13.9. The van der Waals surface area contributed by atoms with Crippen molar-refractivity contribution in [2.24, 2.45) is 4.99 Å². The molecular formula is C17H13NO4. The van der Waals surface area contributed by atoms with E-state index in [0.29, 0.717) is 16.9 Å². The van der Waals surface area contributed by atoms with E-state index in [9.17, 15) is 9.90 Å². The number of aliphatic imine (C=N–C) groups is 1. The summed E-state index contributed by atoms with van der Waals surface area (Å²) in [5, 5.41) is 9.76. The van der Waals surface area contributed by atoms with Crippen LogP contribution in [0.2, 0.25) is 0 Å². The third-order valence-corrected chi connectivity index (χ3v) is 3.19. The van der Waals surface area contributed by atoms with E-state index in [1.807, 2.05) is 6.07 Å². The Morgan fingerprint density at radius 3 is 2.64 bits per heavy atom. The number of phenols is 1. The van der Waals surface area contributed by atoms with Crippen LogP contribution >= 0.6 is 0 Å². The van der Waals surface area contributed by atoms with Gasteiger partial charge in [-0.05, 0) is 24.3 Å². The minimum Gasteiger partial charge on any atom is -0.507 e. The van der Waals surface area contributed by atoms with Crippen LogP contribution in [0.1, 0.15) is 11.1 Å². The average molecular weight is 295 g/mol. The minimum absolute atomic E-state index is 0.0729. The van der Waals surface area contributed by atoms with Gasteiger partial charge in [0.05, 0.1) is 12.7 Å². The van der Waals surface area contributed by atoms with Gasteiger partial charge >= 0.3 is 5.97 Å². The summed E-state index contributed by atoms with van der Waals surface area (Å²) in [6.45, 7) is 0. The number of benzene rings is 2. The number of aromatic hydroxyl groups is 1. The Kier molecular flexibility index (Phi) is 3.62. The molecule has 1 N–H and O–H groups in total. The molecule has 22 heavy (non-hydrogen) atoms. The lowest BCUT2D eigenvalue weighted by atomic mass is 10.1. The van der Waals surface area contributed by atoms with Crippen LogP contribution in [-0.2, 0) is 9.53 Å². The number of esters is 1. The highest BCUT2D eigenvalue weighted by molar-refractivity contribution is 6.13. The van der Waals surface area contributed by atoms with Crippen LogP contribution in [0.25, 0.3) is 6.08 Å². The maximum Gasteiger partial charge on any atom is 0.363 e. The highest BCUT2D eigenvalue weighted by Crippen LogP contribution is 2.26. The van der Waals surface area contributed by atoms with Gasteiger partial charge < -0.3 is 14.6 Å². The van der Waals surface area contributed by atoms with E-state index in [-0.39, 0.29) is 17.3 Å². The molecule has 0 bridgehead atoms. The van der Waals surface area contributed by atoms with Crippen molar-refractivity contribution in [1.82, 2.24) is 0 Å². The van der Waals surface area contributed by atoms with Gasteiger partial charge in [-0.15, -0.1) is 0 Å². The van der Waals surface area contributed by atoms with Gasteiger partial charge in [0.1, 0.15) is 11.5 Å². The van der Waals surface area contributed by atoms with E-state index in [0.717, 1.165) is 0 Å². The molecule has 0 saturated heterocycles. The predicted molar refractivity (Wildman–Crippen MR) is 81.7 cm³/mol. The number of hydrogen-bond acceptors (Lipinski definition) is 5. The van der Waals surface area contributed by atoms with Crippen molar-refractivity contribution in [3.05, 3.63) is 65.4 Å². The molecule has 2 aromatic carbocycles. The van der Waals surface area contributed by atoms with E-state index < -0.39 is 5.97 Å². The van der Waals surface area contributed by atoms with Gasteiger partial charge in [0.25, 0.3) is 0 Å². The quantitative estimate of drug-likeness (QED) is 0.698. The van der Waals surface area contributed by atoms with Crippen molar-refractivity contribution in [2.45, 2.75) is 0 Å². The van der Waals surface area contributed by atoms with E-state index >= 15 is 0 Å². The molecule has 0 aromatic heterocycles. The van der Waals surface area contributed by atoms with Gasteiger partial charge in [0.2, 0.25) is 5.90 Å². The first-order valence-electron chi connectivity index (χ1n) is 6.63. The first-order chi connectivity index (χ1) is 10.7. The lowest BCUT2D eigenvalue weighted by molar-refractivity contribution is -0.129. The molecule has 0 atom stereocenters. The van der Waals surface area contributed by atoms with Gasteiger partial charge in [-0.3, -0.25) is 0 Å². The van der Waals surface area contributed by atoms with Gasteiger partial charge in [-0.2, -0.15) is 0 Å². The number of methoxy groups -OCH3 is 1. The van der Waals surface area contributed by atoms with Crippen LogP contribution in [-0.4, -0.2) is 24.1 Å². The van der Waals surface area contributed by atoms with Gasteiger partial charge in [0, 0.05) is 5.56 Å². The summed E-state index contributed by atoms with van der Waals surface area (Å²) in [6.07, 6.45) is 1.49. The lowest BCUT2D eigenvalue weighted by Gasteiger charge is -2.05. The standard InChI is InChI=1S/C17H13NO4/c1-21-15-9-5-3-7-12(15)16-18-13(17(20)22-16)10-11-6-2-4-8-14(11)19/h2-10,19H,1H3. The molecule has 0 aliphatic carbocycles. The van der Waals surface area contributed by atoms with Crippen LogP contribution in [0.4, 0.5) is 0 Å². The molecule has 5 nitrogen and oxygen atoms in total. The molecule has 0 saturated carbocycles. The summed E-state index contributed by atoms with van der Waals surface area (Å²) in [7, 11) is 1.54. The van der Waals surface area contributed by atoms with Crippen LogP contribution < -0.4 is 4.74 Å². The molecule has 0 fully saturated rings. The highest BCUT2D eigenvalue weighted by atomic mass is 16.6. The fraction of sp³-hybridized carbons (Fsp3) is 0.0588. The third-order valence-electron chi connectivity index (χ3n) is 3.19. The summed E-state index contributed by atoms with van der Waals surface area (Å²) >= 11 is 0. The maximum atomic E-state index is 11.9. The first-order valence-corrected chi connectivity index (χ1v) is 6.63. The maximum absolute atomic E-state index is 11.9. The number of hydrogen-bond donors (Lipinski definition) is 1. The predicted octanol–water partition coefficient (Wildman–Crippen LogP) is 2.75. The Hall–Kier alpha value is -3.08. The summed E-state index contributed by atoms with van der Waals surface area (Å²) in [4.78, 5) is 16.1. The van der Waals surface area contributed by atoms with E-state index in [1.54, 1.807) is 36.4 Å². The number of carbonyl (C=O) groups is 1. The number of carbonyl (C=O) groups excluding carboxylic acids is 1. The Balaban J connectivity index is 2.00.